The van der Waals surface area contributed by atoms with Crippen molar-refractivity contribution in [2.24, 2.45) is 5.92 Å². The van der Waals surface area contributed by atoms with Crippen LogP contribution in [0.1, 0.15) is 66.1 Å². The second-order valence-electron chi connectivity index (χ2n) is 13.5. The van der Waals surface area contributed by atoms with Gasteiger partial charge in [-0.25, -0.2) is 4.79 Å². The van der Waals surface area contributed by atoms with Gasteiger partial charge in [-0.15, -0.1) is 0 Å². The van der Waals surface area contributed by atoms with Gasteiger partial charge in [-0.1, -0.05) is 60.1 Å². The van der Waals surface area contributed by atoms with E-state index in [1.807, 2.05) is 26.0 Å². The Morgan fingerprint density at radius 2 is 1.54 bits per heavy atom. The third kappa shape index (κ3) is 7.45. The van der Waals surface area contributed by atoms with Crippen LogP contribution in [0.25, 0.3) is 32.6 Å². The maximum Gasteiger partial charge on any atom is 0.335 e. The first-order chi connectivity index (χ1) is 25.3. The fourth-order valence-electron chi connectivity index (χ4n) is 7.86. The van der Waals surface area contributed by atoms with Crippen LogP contribution in [0.5, 0.6) is 11.5 Å². The largest absolute Gasteiger partial charge is 0.492 e. The van der Waals surface area contributed by atoms with Gasteiger partial charge in [0.2, 0.25) is 0 Å². The van der Waals surface area contributed by atoms with E-state index in [4.69, 9.17) is 26.2 Å². The van der Waals surface area contributed by atoms with Gasteiger partial charge in [0.15, 0.2) is 0 Å². The minimum Gasteiger partial charge on any atom is -0.492 e. The van der Waals surface area contributed by atoms with E-state index in [0.717, 1.165) is 38.0 Å². The Morgan fingerprint density at radius 3 is 2.25 bits per heavy atom. The normalized spacial score (nSPS) is 16.4. The lowest BCUT2D eigenvalue weighted by Gasteiger charge is -2.38. The molecule has 266 valence electrons. The van der Waals surface area contributed by atoms with Gasteiger partial charge >= 0.3 is 5.97 Å². The van der Waals surface area contributed by atoms with Crippen LogP contribution in [-0.2, 0) is 17.8 Å². The minimum absolute atomic E-state index is 0.230. The summed E-state index contributed by atoms with van der Waals surface area (Å²) in [6.45, 7) is 7.92. The Balaban J connectivity index is 0.000000271. The number of nitrogens with zero attached hydrogens (tertiary/aromatic N) is 3. The number of rotatable bonds is 8. The third-order valence-corrected chi connectivity index (χ3v) is 10.7. The summed E-state index contributed by atoms with van der Waals surface area (Å²) in [7, 11) is 0. The van der Waals surface area contributed by atoms with Crippen LogP contribution in [0, 0.1) is 5.92 Å². The lowest BCUT2D eigenvalue weighted by molar-refractivity contribution is -0.119. The number of carbonyl (C=O) groups excluding carboxylic acids is 1. The lowest BCUT2D eigenvalue weighted by Crippen LogP contribution is -2.36. The average molecular weight is 716 g/mol. The zero-order chi connectivity index (χ0) is 36.2. The van der Waals surface area contributed by atoms with Crippen LogP contribution >= 0.6 is 11.6 Å². The van der Waals surface area contributed by atoms with E-state index in [1.54, 1.807) is 12.3 Å². The number of ketones is 1. The molecular weight excluding hydrogens is 674 g/mol. The van der Waals surface area contributed by atoms with Crippen molar-refractivity contribution in [1.29, 1.82) is 0 Å². The van der Waals surface area contributed by atoms with Crippen LogP contribution in [0.4, 0.5) is 0 Å². The Hall–Kier alpha value is -5.05. The minimum atomic E-state index is -0.951. The first-order valence-corrected chi connectivity index (χ1v) is 18.4. The standard InChI is InChI=1S/C34H36ClNO3.C9H6N2O2/c1-3-38-32-17-22(18-33(34(32)35)39-4-2)21-36-15-13-24(14-16-36)30-19-25(37)20-31-28-10-9-23-7-5-6-8-26(23)27(28)11-12-29(30)31;12-9(13)6-1-2-7-8(5-6)11-4-3-10-7/h5-12,17-18,24,30H,3-4,13-16,19-21H2,1-2H3;1-5H,(H,12,13). The molecule has 52 heavy (non-hydrogen) atoms. The number of Topliss-reactive ketones (excluding diaryl/α,β-unsaturated/α-hetero) is 1. The molecule has 0 amide bonds. The smallest absolute Gasteiger partial charge is 0.335 e. The molecule has 2 aliphatic rings. The molecule has 0 bridgehead atoms. The van der Waals surface area contributed by atoms with Crippen molar-refractivity contribution < 1.29 is 24.2 Å². The van der Waals surface area contributed by atoms with E-state index in [2.05, 4.69) is 63.4 Å². The van der Waals surface area contributed by atoms with E-state index in [1.165, 1.54) is 51.0 Å². The number of piperidine rings is 1. The third-order valence-electron chi connectivity index (χ3n) is 10.3. The molecule has 1 unspecified atom stereocenters. The van der Waals surface area contributed by atoms with Gasteiger partial charge in [-0.05, 0) is 120 Å². The molecule has 2 heterocycles. The maximum absolute atomic E-state index is 13.0. The van der Waals surface area contributed by atoms with Crippen molar-refractivity contribution in [1.82, 2.24) is 14.9 Å². The zero-order valence-electron chi connectivity index (χ0n) is 29.5. The van der Waals surface area contributed by atoms with Crippen molar-refractivity contribution >= 4 is 55.9 Å². The van der Waals surface area contributed by atoms with Gasteiger partial charge in [0.05, 0.1) is 29.8 Å². The van der Waals surface area contributed by atoms with Crippen molar-refractivity contribution in [3.63, 3.8) is 0 Å². The number of aromatic nitrogens is 2. The summed E-state index contributed by atoms with van der Waals surface area (Å²) in [5.41, 5.74) is 5.34. The van der Waals surface area contributed by atoms with Crippen LogP contribution < -0.4 is 9.47 Å². The molecule has 8 rings (SSSR count). The number of benzene rings is 5. The van der Waals surface area contributed by atoms with Crippen molar-refractivity contribution in [3.8, 4) is 11.5 Å². The van der Waals surface area contributed by atoms with Crippen molar-refractivity contribution in [2.75, 3.05) is 26.3 Å². The number of aromatic carboxylic acids is 1. The summed E-state index contributed by atoms with van der Waals surface area (Å²) >= 11 is 6.51. The van der Waals surface area contributed by atoms with E-state index < -0.39 is 5.97 Å². The Labute approximate surface area is 308 Å². The number of halogens is 1. The quantitative estimate of drug-likeness (QED) is 0.156. The zero-order valence-corrected chi connectivity index (χ0v) is 30.2. The topological polar surface area (TPSA) is 102 Å². The highest BCUT2D eigenvalue weighted by atomic mass is 35.5. The summed E-state index contributed by atoms with van der Waals surface area (Å²) in [5, 5.41) is 14.3. The molecule has 1 atom stereocenters. The SMILES string of the molecule is CCOc1cc(CN2CCC(C3CC(=O)Cc4c3ccc3c4ccc4ccccc43)CC2)cc(OCC)c1Cl.O=C(O)c1ccc2nccnc2c1. The molecule has 0 spiro atoms. The highest BCUT2D eigenvalue weighted by Crippen LogP contribution is 2.44. The molecule has 1 saturated heterocycles. The predicted octanol–water partition coefficient (Wildman–Crippen LogP) is 9.28. The molecular formula is C43H42ClN3O5. The molecule has 0 saturated carbocycles. The number of carbonyl (C=O) groups is 2. The maximum atomic E-state index is 13.0. The monoisotopic (exact) mass is 715 g/mol. The molecule has 1 fully saturated rings. The highest BCUT2D eigenvalue weighted by Gasteiger charge is 2.34. The lowest BCUT2D eigenvalue weighted by atomic mass is 9.71. The van der Waals surface area contributed by atoms with E-state index >= 15 is 0 Å². The van der Waals surface area contributed by atoms with Crippen molar-refractivity contribution in [2.45, 2.75) is 52.0 Å². The van der Waals surface area contributed by atoms with Gasteiger partial charge < -0.3 is 14.6 Å². The number of carboxylic acid groups (broad SMARTS) is 1. The Bertz CT molecular complexity index is 2240. The summed E-state index contributed by atoms with van der Waals surface area (Å²) < 4.78 is 11.6. The molecule has 5 aromatic carbocycles. The van der Waals surface area contributed by atoms with Crippen molar-refractivity contribution in [3.05, 3.63) is 119 Å². The van der Waals surface area contributed by atoms with Gasteiger partial charge in [0.1, 0.15) is 22.3 Å². The average Bonchev–Trinajstić information content (AvgIpc) is 3.16. The van der Waals surface area contributed by atoms with Crippen LogP contribution in [0.2, 0.25) is 5.02 Å². The summed E-state index contributed by atoms with van der Waals surface area (Å²) in [4.78, 5) is 34.2. The number of ether oxygens (including phenoxy) is 2. The molecule has 6 aromatic rings. The first-order valence-electron chi connectivity index (χ1n) is 18.0. The van der Waals surface area contributed by atoms with Gasteiger partial charge in [-0.3, -0.25) is 19.7 Å². The summed E-state index contributed by atoms with van der Waals surface area (Å²) in [6.07, 6.45) is 6.52. The molecule has 9 heteroatoms. The molecule has 8 nitrogen and oxygen atoms in total. The fraction of sp³-hybridized carbons (Fsp3) is 0.302. The Kier molecular flexibility index (Phi) is 10.7. The fourth-order valence-corrected chi connectivity index (χ4v) is 8.08. The number of fused-ring (bicyclic) bond motifs is 6. The van der Waals surface area contributed by atoms with Gasteiger partial charge in [0.25, 0.3) is 0 Å². The van der Waals surface area contributed by atoms with E-state index in [-0.39, 0.29) is 5.56 Å². The van der Waals surface area contributed by atoms with Crippen LogP contribution in [-0.4, -0.2) is 58.0 Å². The summed E-state index contributed by atoms with van der Waals surface area (Å²) in [6, 6.07) is 26.3. The molecule has 1 N–H and O–H groups in total. The second kappa shape index (κ2) is 15.7. The highest BCUT2D eigenvalue weighted by molar-refractivity contribution is 6.33. The molecule has 1 aromatic heterocycles. The summed E-state index contributed by atoms with van der Waals surface area (Å²) in [5.74, 6) is 1.63. The molecule has 0 radical (unpaired) electrons. The number of hydrogen-bond acceptors (Lipinski definition) is 7. The van der Waals surface area contributed by atoms with Gasteiger partial charge in [-0.2, -0.15) is 0 Å². The molecule has 1 aliphatic heterocycles. The Morgan fingerprint density at radius 1 is 0.846 bits per heavy atom. The first kappa shape index (κ1) is 35.4. The number of hydrogen-bond donors (Lipinski definition) is 1. The van der Waals surface area contributed by atoms with E-state index in [0.29, 0.717) is 71.2 Å². The van der Waals surface area contributed by atoms with E-state index in [9.17, 15) is 9.59 Å². The number of carboxylic acids is 1. The number of likely N-dealkylation sites (tertiary alicyclic amines) is 1. The van der Waals surface area contributed by atoms with Crippen LogP contribution in [0.3, 0.4) is 0 Å². The predicted molar refractivity (Wildman–Crippen MR) is 206 cm³/mol. The second-order valence-corrected chi connectivity index (χ2v) is 13.9. The van der Waals surface area contributed by atoms with Crippen LogP contribution in [0.15, 0.2) is 91.3 Å². The molecule has 1 aliphatic carbocycles. The van der Waals surface area contributed by atoms with Gasteiger partial charge in [0, 0.05) is 31.8 Å².